The fourth-order valence-corrected chi connectivity index (χ4v) is 4.45. The molecule has 4 rings (SSSR count). The van der Waals surface area contributed by atoms with Gasteiger partial charge in [-0.3, -0.25) is 14.4 Å². The predicted octanol–water partition coefficient (Wildman–Crippen LogP) is 2.65. The van der Waals surface area contributed by atoms with E-state index in [1.165, 1.54) is 36.4 Å². The van der Waals surface area contributed by atoms with Gasteiger partial charge in [0.15, 0.2) is 11.6 Å². The van der Waals surface area contributed by atoms with Crippen molar-refractivity contribution in [2.24, 2.45) is 0 Å². The molecule has 30 heavy (non-hydrogen) atoms. The fourth-order valence-electron chi connectivity index (χ4n) is 3.54. The third-order valence-electron chi connectivity index (χ3n) is 4.84. The second-order valence-electron chi connectivity index (χ2n) is 6.83. The van der Waals surface area contributed by atoms with Gasteiger partial charge in [0, 0.05) is 22.4 Å². The summed E-state index contributed by atoms with van der Waals surface area (Å²) >= 11 is 0. The first kappa shape index (κ1) is 19.5. The molecule has 0 atom stereocenters. The second kappa shape index (κ2) is 6.93. The van der Waals surface area contributed by atoms with Gasteiger partial charge in [0.1, 0.15) is 0 Å². The second-order valence-corrected chi connectivity index (χ2v) is 8.66. The van der Waals surface area contributed by atoms with E-state index in [0.717, 1.165) is 6.26 Å². The first-order valence-electron chi connectivity index (χ1n) is 8.92. The van der Waals surface area contributed by atoms with E-state index in [1.807, 2.05) is 0 Å². The predicted molar refractivity (Wildman–Crippen MR) is 112 cm³/mol. The molecule has 0 heterocycles. The number of hydrogen-bond donors (Lipinski definition) is 1. The van der Waals surface area contributed by atoms with E-state index < -0.39 is 27.5 Å². The Bertz CT molecular complexity index is 1330. The normalized spacial score (nSPS) is 12.8. The molecule has 1 aliphatic rings. The molecule has 1 aliphatic carbocycles. The summed E-state index contributed by atoms with van der Waals surface area (Å²) < 4.78 is 25.8. The highest BCUT2D eigenvalue weighted by molar-refractivity contribution is 7.92. The number of ketones is 2. The molecule has 2 N–H and O–H groups in total. The quantitative estimate of drug-likeness (QED) is 0.510. The van der Waals surface area contributed by atoms with Crippen molar-refractivity contribution >= 4 is 38.9 Å². The summed E-state index contributed by atoms with van der Waals surface area (Å²) in [5.74, 6) is -1.92. The van der Waals surface area contributed by atoms with Crippen LogP contribution in [0.5, 0.6) is 0 Å². The van der Waals surface area contributed by atoms with E-state index in [1.54, 1.807) is 30.3 Å². The molecule has 1 amide bonds. The summed E-state index contributed by atoms with van der Waals surface area (Å²) in [5, 5.41) is 0. The van der Waals surface area contributed by atoms with Crippen molar-refractivity contribution in [3.05, 3.63) is 94.5 Å². The minimum Gasteiger partial charge on any atom is -0.398 e. The summed E-state index contributed by atoms with van der Waals surface area (Å²) in [7, 11) is -4.15. The van der Waals surface area contributed by atoms with Gasteiger partial charge in [0.05, 0.1) is 23.1 Å². The SMILES string of the molecule is CS(=O)(=O)N(C(=O)c1ccccc1)c1ccc(N)c2c1C(=O)c1ccccc1C2=O. The standard InChI is InChI=1S/C22H16N2O5S/c1-30(28,29)24(22(27)13-7-3-2-4-8-13)17-12-11-16(23)18-19(17)21(26)15-10-6-5-9-14(15)20(18)25/h2-12H,23H2,1H3. The number of nitrogens with zero attached hydrogens (tertiary/aromatic N) is 1. The van der Waals surface area contributed by atoms with E-state index in [0.29, 0.717) is 4.31 Å². The zero-order valence-electron chi connectivity index (χ0n) is 15.8. The van der Waals surface area contributed by atoms with E-state index in [2.05, 4.69) is 0 Å². The molecule has 3 aromatic rings. The number of sulfonamides is 1. The summed E-state index contributed by atoms with van der Waals surface area (Å²) in [6.45, 7) is 0. The van der Waals surface area contributed by atoms with Crippen LogP contribution in [0.25, 0.3) is 0 Å². The smallest absolute Gasteiger partial charge is 0.272 e. The molecule has 0 saturated carbocycles. The molecule has 7 nitrogen and oxygen atoms in total. The monoisotopic (exact) mass is 420 g/mol. The number of rotatable bonds is 3. The maximum Gasteiger partial charge on any atom is 0.272 e. The number of carbonyl (C=O) groups excluding carboxylic acids is 3. The van der Waals surface area contributed by atoms with Gasteiger partial charge in [-0.1, -0.05) is 42.5 Å². The fraction of sp³-hybridized carbons (Fsp3) is 0.0455. The van der Waals surface area contributed by atoms with Crippen LogP contribution in [0.2, 0.25) is 0 Å². The minimum absolute atomic E-state index is 0.0298. The molecule has 150 valence electrons. The maximum atomic E-state index is 13.3. The van der Waals surface area contributed by atoms with Gasteiger partial charge >= 0.3 is 0 Å². The van der Waals surface area contributed by atoms with Crippen molar-refractivity contribution in [2.75, 3.05) is 16.3 Å². The molecule has 0 fully saturated rings. The van der Waals surface area contributed by atoms with Crippen LogP contribution in [-0.2, 0) is 10.0 Å². The number of anilines is 2. The average molecular weight is 420 g/mol. The molecule has 0 saturated heterocycles. The van der Waals surface area contributed by atoms with E-state index in [9.17, 15) is 22.8 Å². The van der Waals surface area contributed by atoms with Crippen LogP contribution in [0.4, 0.5) is 11.4 Å². The number of fused-ring (bicyclic) bond motifs is 2. The maximum absolute atomic E-state index is 13.3. The molecule has 3 aromatic carbocycles. The van der Waals surface area contributed by atoms with Crippen LogP contribution in [0.3, 0.4) is 0 Å². The molecular weight excluding hydrogens is 404 g/mol. The first-order valence-corrected chi connectivity index (χ1v) is 10.8. The molecule has 8 heteroatoms. The lowest BCUT2D eigenvalue weighted by molar-refractivity contribution is 0.0978. The van der Waals surface area contributed by atoms with Crippen molar-refractivity contribution in [1.82, 2.24) is 0 Å². The summed E-state index contributed by atoms with van der Waals surface area (Å²) in [5.41, 5.74) is 5.93. The lowest BCUT2D eigenvalue weighted by Gasteiger charge is -2.27. The topological polar surface area (TPSA) is 115 Å². The van der Waals surface area contributed by atoms with Gasteiger partial charge in [-0.15, -0.1) is 0 Å². The van der Waals surface area contributed by atoms with Gasteiger partial charge in [-0.05, 0) is 24.3 Å². The Labute approximate surface area is 172 Å². The van der Waals surface area contributed by atoms with Crippen molar-refractivity contribution in [3.8, 4) is 0 Å². The lowest BCUT2D eigenvalue weighted by atomic mass is 9.82. The molecule has 0 unspecified atom stereocenters. The van der Waals surface area contributed by atoms with Gasteiger partial charge in [-0.25, -0.2) is 12.7 Å². The summed E-state index contributed by atoms with van der Waals surface area (Å²) in [6.07, 6.45) is 0.861. The van der Waals surface area contributed by atoms with Crippen molar-refractivity contribution in [3.63, 3.8) is 0 Å². The van der Waals surface area contributed by atoms with Gasteiger partial charge < -0.3 is 5.73 Å². The minimum atomic E-state index is -4.15. The number of amides is 1. The summed E-state index contributed by atoms with van der Waals surface area (Å²) in [6, 6.07) is 16.6. The van der Waals surface area contributed by atoms with Gasteiger partial charge in [0.2, 0.25) is 10.0 Å². The molecular formula is C22H16N2O5S. The highest BCUT2D eigenvalue weighted by atomic mass is 32.2. The van der Waals surface area contributed by atoms with Crippen LogP contribution < -0.4 is 10.0 Å². The Morgan fingerprint density at radius 2 is 1.33 bits per heavy atom. The Hall–Kier alpha value is -3.78. The van der Waals surface area contributed by atoms with Crippen LogP contribution in [0.15, 0.2) is 66.7 Å². The summed E-state index contributed by atoms with van der Waals surface area (Å²) in [4.78, 5) is 39.4. The third-order valence-corrected chi connectivity index (χ3v) is 5.87. The first-order chi connectivity index (χ1) is 14.2. The zero-order chi connectivity index (χ0) is 21.6. The van der Waals surface area contributed by atoms with E-state index in [4.69, 9.17) is 5.73 Å². The molecule has 0 aliphatic heterocycles. The number of hydrogen-bond acceptors (Lipinski definition) is 6. The van der Waals surface area contributed by atoms with E-state index >= 15 is 0 Å². The molecule has 0 spiro atoms. The van der Waals surface area contributed by atoms with Crippen LogP contribution in [0, 0.1) is 0 Å². The van der Waals surface area contributed by atoms with Gasteiger partial charge in [-0.2, -0.15) is 0 Å². The largest absolute Gasteiger partial charge is 0.398 e. The Balaban J connectivity index is 2.01. The Morgan fingerprint density at radius 1 is 0.800 bits per heavy atom. The third kappa shape index (κ3) is 2.98. The van der Waals surface area contributed by atoms with Crippen molar-refractivity contribution < 1.29 is 22.8 Å². The number of nitrogen functional groups attached to an aromatic ring is 1. The molecule has 0 bridgehead atoms. The van der Waals surface area contributed by atoms with Crippen LogP contribution in [0.1, 0.15) is 42.2 Å². The van der Waals surface area contributed by atoms with E-state index in [-0.39, 0.29) is 39.2 Å². The number of carbonyl (C=O) groups is 3. The zero-order valence-corrected chi connectivity index (χ0v) is 16.6. The Kier molecular flexibility index (Phi) is 4.51. The van der Waals surface area contributed by atoms with Crippen molar-refractivity contribution in [1.29, 1.82) is 0 Å². The molecule has 0 aromatic heterocycles. The highest BCUT2D eigenvalue weighted by Crippen LogP contribution is 2.38. The van der Waals surface area contributed by atoms with Gasteiger partial charge in [0.25, 0.3) is 5.91 Å². The molecule has 0 radical (unpaired) electrons. The number of nitrogens with two attached hydrogens (primary N) is 1. The van der Waals surface area contributed by atoms with Crippen LogP contribution >= 0.6 is 0 Å². The highest BCUT2D eigenvalue weighted by Gasteiger charge is 2.38. The lowest BCUT2D eigenvalue weighted by Crippen LogP contribution is -2.38. The van der Waals surface area contributed by atoms with Crippen molar-refractivity contribution in [2.45, 2.75) is 0 Å². The Morgan fingerprint density at radius 3 is 1.90 bits per heavy atom. The van der Waals surface area contributed by atoms with Crippen LogP contribution in [-0.4, -0.2) is 32.1 Å². The average Bonchev–Trinajstić information content (AvgIpc) is 2.72. The number of benzene rings is 3.